The number of carbonyl (C=O) groups excluding carboxylic acids is 2. The summed E-state index contributed by atoms with van der Waals surface area (Å²) < 4.78 is 22.0. The van der Waals surface area contributed by atoms with Crippen molar-refractivity contribution >= 4 is 31.8 Å². The molecule has 2 atom stereocenters. The lowest BCUT2D eigenvalue weighted by Gasteiger charge is -2.35. The first-order chi connectivity index (χ1) is 7.63. The van der Waals surface area contributed by atoms with Crippen LogP contribution in [0.15, 0.2) is 0 Å². The van der Waals surface area contributed by atoms with Crippen LogP contribution >= 0.6 is 11.6 Å². The molecule has 0 amide bonds. The molecule has 0 aliphatic heterocycles. The number of rotatable bonds is 2. The Morgan fingerprint density at radius 3 is 2.41 bits per heavy atom. The zero-order chi connectivity index (χ0) is 13.1. The molecule has 0 aromatic carbocycles. The first-order valence-electron chi connectivity index (χ1n) is 5.59. The molecule has 96 valence electrons. The van der Waals surface area contributed by atoms with Gasteiger partial charge in [-0.2, -0.15) is 0 Å². The summed E-state index contributed by atoms with van der Waals surface area (Å²) in [6, 6.07) is 0. The minimum Gasteiger partial charge on any atom is -0.299 e. The smallest absolute Gasteiger partial charge is 0.299 e. The molecule has 4 nitrogen and oxygen atoms in total. The molecule has 2 saturated carbocycles. The van der Waals surface area contributed by atoms with Crippen LogP contribution in [-0.4, -0.2) is 24.5 Å². The van der Waals surface area contributed by atoms with Crippen LogP contribution in [0.4, 0.5) is 4.79 Å². The van der Waals surface area contributed by atoms with E-state index in [1.165, 1.54) is 0 Å². The predicted octanol–water partition coefficient (Wildman–Crippen LogP) is 2.16. The van der Waals surface area contributed by atoms with E-state index in [-0.39, 0.29) is 17.1 Å². The number of hydrogen-bond donors (Lipinski definition) is 0. The molecule has 0 aromatic rings. The van der Waals surface area contributed by atoms with Gasteiger partial charge in [-0.15, -0.1) is 0 Å². The minimum atomic E-state index is -4.02. The molecule has 6 heteroatoms. The number of sulfone groups is 1. The number of Topliss-reactive ketones (excluding diaryl/α,β-unsaturated/α-hetero) is 1. The van der Waals surface area contributed by atoms with Gasteiger partial charge < -0.3 is 0 Å². The normalized spacial score (nSPS) is 35.2. The molecule has 2 rings (SSSR count). The summed E-state index contributed by atoms with van der Waals surface area (Å²) in [5.41, 5.74) is -1.26. The summed E-state index contributed by atoms with van der Waals surface area (Å²) in [5, 5.41) is 0. The summed E-state index contributed by atoms with van der Waals surface area (Å²) in [6.45, 7) is 3.84. The molecule has 0 N–H and O–H groups in total. The van der Waals surface area contributed by atoms with Crippen molar-refractivity contribution in [2.24, 2.45) is 16.7 Å². The highest BCUT2D eigenvalue weighted by Crippen LogP contribution is 2.64. The summed E-state index contributed by atoms with van der Waals surface area (Å²) >= 11 is 5.08. The zero-order valence-corrected chi connectivity index (χ0v) is 11.4. The highest BCUT2D eigenvalue weighted by Gasteiger charge is 2.65. The first kappa shape index (κ1) is 13.0. The lowest BCUT2D eigenvalue weighted by atomic mass is 9.70. The second-order valence-electron chi connectivity index (χ2n) is 5.66. The number of halogens is 1. The zero-order valence-electron chi connectivity index (χ0n) is 9.82. The van der Waals surface area contributed by atoms with Gasteiger partial charge in [0.1, 0.15) is 5.78 Å². The van der Waals surface area contributed by atoms with E-state index < -0.39 is 25.6 Å². The molecule has 2 aliphatic rings. The van der Waals surface area contributed by atoms with Gasteiger partial charge >= 0.3 is 4.57 Å². The fraction of sp³-hybridized carbons (Fsp3) is 0.818. The topological polar surface area (TPSA) is 68.3 Å². The third-order valence-electron chi connectivity index (χ3n) is 4.82. The summed E-state index contributed by atoms with van der Waals surface area (Å²) in [4.78, 5) is 23.0. The molecule has 2 bridgehead atoms. The van der Waals surface area contributed by atoms with E-state index in [0.29, 0.717) is 12.8 Å². The first-order valence-corrected chi connectivity index (χ1v) is 7.62. The summed E-state index contributed by atoms with van der Waals surface area (Å²) in [6.07, 6.45) is 1.83. The van der Waals surface area contributed by atoms with E-state index in [9.17, 15) is 18.0 Å². The predicted molar refractivity (Wildman–Crippen MR) is 63.6 cm³/mol. The molecule has 2 fully saturated rings. The quantitative estimate of drug-likeness (QED) is 0.726. The van der Waals surface area contributed by atoms with Crippen LogP contribution in [0.25, 0.3) is 0 Å². The Balaban J connectivity index is 2.43. The average Bonchev–Trinajstić information content (AvgIpc) is 2.50. The lowest BCUT2D eigenvalue weighted by Crippen LogP contribution is -2.43. The summed E-state index contributed by atoms with van der Waals surface area (Å²) in [7, 11) is -4.02. The van der Waals surface area contributed by atoms with Crippen molar-refractivity contribution in [2.75, 3.05) is 5.75 Å². The molecule has 0 spiro atoms. The van der Waals surface area contributed by atoms with Crippen molar-refractivity contribution in [3.63, 3.8) is 0 Å². The van der Waals surface area contributed by atoms with Crippen LogP contribution in [0.5, 0.6) is 0 Å². The van der Waals surface area contributed by atoms with Crippen LogP contribution < -0.4 is 0 Å². The van der Waals surface area contributed by atoms with Gasteiger partial charge in [0, 0.05) is 11.8 Å². The fourth-order valence-corrected chi connectivity index (χ4v) is 5.09. The Morgan fingerprint density at radius 1 is 1.47 bits per heavy atom. The third kappa shape index (κ3) is 1.58. The second-order valence-corrected chi connectivity index (χ2v) is 8.12. The molecular weight excluding hydrogens is 264 g/mol. The maximum Gasteiger partial charge on any atom is 0.336 e. The van der Waals surface area contributed by atoms with E-state index in [1.807, 2.05) is 13.8 Å². The number of hydrogen-bond acceptors (Lipinski definition) is 4. The Morgan fingerprint density at radius 2 is 2.06 bits per heavy atom. The number of fused-ring (bicyclic) bond motifs is 2. The van der Waals surface area contributed by atoms with Gasteiger partial charge in [0.15, 0.2) is 0 Å². The van der Waals surface area contributed by atoms with E-state index in [4.69, 9.17) is 11.6 Å². The highest BCUT2D eigenvalue weighted by atomic mass is 35.5. The van der Waals surface area contributed by atoms with Crippen LogP contribution in [0.2, 0.25) is 0 Å². The summed E-state index contributed by atoms with van der Waals surface area (Å²) in [5.74, 6) is -0.221. The van der Waals surface area contributed by atoms with Gasteiger partial charge in [-0.3, -0.25) is 9.59 Å². The SMILES string of the molecule is CC1(C)[C@@H]2CC[C@@]1(CS(=O)(=O)C(=O)Cl)C(=O)C2. The fourth-order valence-electron chi connectivity index (χ4n) is 3.49. The van der Waals surface area contributed by atoms with Gasteiger partial charge in [0.25, 0.3) is 0 Å². The molecule has 0 aromatic heterocycles. The van der Waals surface area contributed by atoms with Crippen LogP contribution in [0.3, 0.4) is 0 Å². The molecule has 0 unspecified atom stereocenters. The molecule has 0 radical (unpaired) electrons. The lowest BCUT2D eigenvalue weighted by molar-refractivity contribution is -0.128. The minimum absolute atomic E-state index is 0.0276. The van der Waals surface area contributed by atoms with E-state index in [2.05, 4.69) is 0 Å². The largest absolute Gasteiger partial charge is 0.336 e. The monoisotopic (exact) mass is 278 g/mol. The van der Waals surface area contributed by atoms with Crippen LogP contribution in [-0.2, 0) is 14.6 Å². The van der Waals surface area contributed by atoms with E-state index >= 15 is 0 Å². The maximum absolute atomic E-state index is 12.1. The van der Waals surface area contributed by atoms with E-state index in [0.717, 1.165) is 6.42 Å². The second kappa shape index (κ2) is 3.54. The number of ketones is 1. The maximum atomic E-state index is 12.1. The van der Waals surface area contributed by atoms with Gasteiger partial charge in [0.05, 0.1) is 5.75 Å². The highest BCUT2D eigenvalue weighted by molar-refractivity contribution is 8.09. The van der Waals surface area contributed by atoms with Crippen LogP contribution in [0, 0.1) is 16.7 Å². The molecular formula is C11H15ClO4S. The molecule has 0 heterocycles. The number of carbonyl (C=O) groups is 2. The standard InChI is InChI=1S/C11H15ClO4S/c1-10(2)7-3-4-11(10,8(13)5-7)6-17(15,16)9(12)14/h7H,3-6H2,1-2H3/t7-,11-/m1/s1. The van der Waals surface area contributed by atoms with E-state index in [1.54, 1.807) is 0 Å². The van der Waals surface area contributed by atoms with Gasteiger partial charge in [0.2, 0.25) is 9.84 Å². The Kier molecular flexibility index (Phi) is 2.71. The third-order valence-corrected chi connectivity index (χ3v) is 6.89. The van der Waals surface area contributed by atoms with Crippen molar-refractivity contribution < 1.29 is 18.0 Å². The Labute approximate surface area is 106 Å². The van der Waals surface area contributed by atoms with Gasteiger partial charge in [-0.05, 0) is 35.8 Å². The molecule has 0 saturated heterocycles. The van der Waals surface area contributed by atoms with Crippen molar-refractivity contribution in [3.8, 4) is 0 Å². The average molecular weight is 279 g/mol. The molecule has 17 heavy (non-hydrogen) atoms. The Hall–Kier alpha value is -0.420. The van der Waals surface area contributed by atoms with Crippen molar-refractivity contribution in [1.29, 1.82) is 0 Å². The molecule has 2 aliphatic carbocycles. The van der Waals surface area contributed by atoms with Crippen LogP contribution in [0.1, 0.15) is 33.1 Å². The van der Waals surface area contributed by atoms with Crippen molar-refractivity contribution in [3.05, 3.63) is 0 Å². The van der Waals surface area contributed by atoms with Gasteiger partial charge in [-0.1, -0.05) is 13.8 Å². The van der Waals surface area contributed by atoms with Gasteiger partial charge in [-0.25, -0.2) is 8.42 Å². The van der Waals surface area contributed by atoms with Crippen molar-refractivity contribution in [1.82, 2.24) is 0 Å². The van der Waals surface area contributed by atoms with Crippen molar-refractivity contribution in [2.45, 2.75) is 33.1 Å². The Bertz CT molecular complexity index is 494.